The number of benzene rings is 2. The van der Waals surface area contributed by atoms with Gasteiger partial charge in [-0.2, -0.15) is 5.26 Å². The Bertz CT molecular complexity index is 708. The van der Waals surface area contributed by atoms with Gasteiger partial charge in [0.15, 0.2) is 5.54 Å². The predicted octanol–water partition coefficient (Wildman–Crippen LogP) is 4.37. The Kier molecular flexibility index (Phi) is 3.23. The topological polar surface area (TPSA) is 35.8 Å². The fraction of sp³-hybridized carbons (Fsp3) is 0.188. The van der Waals surface area contributed by atoms with Crippen LogP contribution in [0, 0.1) is 17.1 Å². The number of hydrogen-bond donors (Lipinski definition) is 1. The molecule has 0 aliphatic heterocycles. The van der Waals surface area contributed by atoms with Crippen LogP contribution in [0.25, 0.3) is 0 Å². The fourth-order valence-electron chi connectivity index (χ4n) is 2.73. The molecular weight excluding hydrogens is 319 g/mol. The van der Waals surface area contributed by atoms with Gasteiger partial charge in [0.25, 0.3) is 0 Å². The molecule has 1 atom stereocenters. The Morgan fingerprint density at radius 2 is 2.10 bits per heavy atom. The Balaban J connectivity index is 2.01. The van der Waals surface area contributed by atoms with Gasteiger partial charge in [-0.05, 0) is 54.3 Å². The van der Waals surface area contributed by atoms with Crippen molar-refractivity contribution < 1.29 is 4.39 Å². The van der Waals surface area contributed by atoms with Crippen molar-refractivity contribution in [1.29, 1.82) is 5.26 Å². The maximum atomic E-state index is 13.3. The molecule has 2 nitrogen and oxygen atoms in total. The number of fused-ring (bicyclic) bond motifs is 1. The lowest BCUT2D eigenvalue weighted by Crippen LogP contribution is -2.31. The van der Waals surface area contributed by atoms with Gasteiger partial charge in [-0.1, -0.05) is 28.1 Å². The van der Waals surface area contributed by atoms with Crippen LogP contribution in [0.2, 0.25) is 0 Å². The maximum Gasteiger partial charge on any atom is 0.151 e. The molecule has 4 heteroatoms. The highest BCUT2D eigenvalue weighted by atomic mass is 79.9. The van der Waals surface area contributed by atoms with Crippen molar-refractivity contribution in [1.82, 2.24) is 0 Å². The Morgan fingerprint density at radius 3 is 2.85 bits per heavy atom. The molecule has 2 aromatic rings. The van der Waals surface area contributed by atoms with Crippen LogP contribution in [0.15, 0.2) is 46.9 Å². The molecule has 0 fully saturated rings. The van der Waals surface area contributed by atoms with Gasteiger partial charge in [-0.15, -0.1) is 0 Å². The summed E-state index contributed by atoms with van der Waals surface area (Å²) in [7, 11) is 0. The fourth-order valence-corrected chi connectivity index (χ4v) is 3.13. The van der Waals surface area contributed by atoms with Crippen molar-refractivity contribution in [3.8, 4) is 6.07 Å². The molecule has 100 valence electrons. The van der Waals surface area contributed by atoms with Crippen LogP contribution >= 0.6 is 15.9 Å². The van der Waals surface area contributed by atoms with Crippen molar-refractivity contribution in [3.05, 3.63) is 63.9 Å². The first-order chi connectivity index (χ1) is 9.63. The van der Waals surface area contributed by atoms with E-state index in [-0.39, 0.29) is 5.82 Å². The number of rotatable bonds is 2. The SMILES string of the molecule is N#CC1(Nc2cccc(Br)c2)CCc2cc(F)ccc21. The standard InChI is InChI=1S/C16H12BrFN2/c17-12-2-1-3-14(9-12)20-16(10-19)7-6-11-8-13(18)4-5-15(11)16/h1-5,8-9,20H,6-7H2. The highest BCUT2D eigenvalue weighted by Gasteiger charge is 2.39. The summed E-state index contributed by atoms with van der Waals surface area (Å²) in [5.41, 5.74) is 1.89. The van der Waals surface area contributed by atoms with Crippen LogP contribution in [-0.2, 0) is 12.0 Å². The molecule has 0 amide bonds. The Morgan fingerprint density at radius 1 is 1.25 bits per heavy atom. The second-order valence-corrected chi connectivity index (χ2v) is 5.87. The lowest BCUT2D eigenvalue weighted by Gasteiger charge is -2.25. The van der Waals surface area contributed by atoms with Crippen LogP contribution in [-0.4, -0.2) is 0 Å². The first kappa shape index (κ1) is 13.1. The summed E-state index contributed by atoms with van der Waals surface area (Å²) in [5, 5.41) is 13.0. The zero-order valence-corrected chi connectivity index (χ0v) is 12.2. The number of nitrogens with zero attached hydrogens (tertiary/aromatic N) is 1. The number of nitrogens with one attached hydrogen (secondary N) is 1. The second-order valence-electron chi connectivity index (χ2n) is 4.95. The van der Waals surface area contributed by atoms with Crippen molar-refractivity contribution in [2.75, 3.05) is 5.32 Å². The molecule has 0 bridgehead atoms. The number of nitriles is 1. The summed E-state index contributed by atoms with van der Waals surface area (Å²) in [6.45, 7) is 0. The minimum absolute atomic E-state index is 0.250. The summed E-state index contributed by atoms with van der Waals surface area (Å²) < 4.78 is 14.2. The van der Waals surface area contributed by atoms with E-state index >= 15 is 0 Å². The second kappa shape index (κ2) is 4.92. The van der Waals surface area contributed by atoms with Crippen LogP contribution in [0.1, 0.15) is 17.5 Å². The summed E-state index contributed by atoms with van der Waals surface area (Å²) >= 11 is 3.42. The zero-order chi connectivity index (χ0) is 14.2. The highest BCUT2D eigenvalue weighted by Crippen LogP contribution is 2.39. The van der Waals surface area contributed by atoms with E-state index in [0.29, 0.717) is 12.8 Å². The van der Waals surface area contributed by atoms with E-state index in [4.69, 9.17) is 0 Å². The van der Waals surface area contributed by atoms with Crippen molar-refractivity contribution in [2.24, 2.45) is 0 Å². The molecule has 2 aromatic carbocycles. The van der Waals surface area contributed by atoms with Crippen LogP contribution < -0.4 is 5.32 Å². The van der Waals surface area contributed by atoms with Gasteiger partial charge in [-0.25, -0.2) is 4.39 Å². The Hall–Kier alpha value is -1.86. The molecule has 0 spiro atoms. The van der Waals surface area contributed by atoms with Crippen LogP contribution in [0.5, 0.6) is 0 Å². The molecule has 0 saturated carbocycles. The molecule has 1 aliphatic rings. The third kappa shape index (κ3) is 2.19. The summed E-state index contributed by atoms with van der Waals surface area (Å²) in [5.74, 6) is -0.250. The van der Waals surface area contributed by atoms with Crippen LogP contribution in [0.3, 0.4) is 0 Å². The van der Waals surface area contributed by atoms with Gasteiger partial charge in [0.2, 0.25) is 0 Å². The highest BCUT2D eigenvalue weighted by molar-refractivity contribution is 9.10. The third-order valence-corrected chi connectivity index (χ3v) is 4.16. The van der Waals surface area contributed by atoms with E-state index in [2.05, 4.69) is 27.3 Å². The quantitative estimate of drug-likeness (QED) is 0.887. The maximum absolute atomic E-state index is 13.3. The van der Waals surface area contributed by atoms with Gasteiger partial charge in [0.1, 0.15) is 5.82 Å². The van der Waals surface area contributed by atoms with E-state index in [0.717, 1.165) is 21.3 Å². The number of hydrogen-bond acceptors (Lipinski definition) is 2. The van der Waals surface area contributed by atoms with Crippen molar-refractivity contribution in [3.63, 3.8) is 0 Å². The van der Waals surface area contributed by atoms with E-state index in [9.17, 15) is 9.65 Å². The molecule has 3 rings (SSSR count). The van der Waals surface area contributed by atoms with Gasteiger partial charge in [0.05, 0.1) is 6.07 Å². The molecule has 20 heavy (non-hydrogen) atoms. The molecular formula is C16H12BrFN2. The lowest BCUT2D eigenvalue weighted by molar-refractivity contribution is 0.618. The largest absolute Gasteiger partial charge is 0.364 e. The third-order valence-electron chi connectivity index (χ3n) is 3.67. The molecule has 0 radical (unpaired) electrons. The van der Waals surface area contributed by atoms with Gasteiger partial charge in [-0.3, -0.25) is 0 Å². The van der Waals surface area contributed by atoms with E-state index in [1.165, 1.54) is 12.1 Å². The average molecular weight is 331 g/mol. The van der Waals surface area contributed by atoms with Gasteiger partial charge in [0, 0.05) is 10.2 Å². The van der Waals surface area contributed by atoms with Crippen LogP contribution in [0.4, 0.5) is 10.1 Å². The van der Waals surface area contributed by atoms with Gasteiger partial charge >= 0.3 is 0 Å². The van der Waals surface area contributed by atoms with E-state index in [1.807, 2.05) is 24.3 Å². The monoisotopic (exact) mass is 330 g/mol. The molecule has 0 saturated heterocycles. The summed E-state index contributed by atoms with van der Waals surface area (Å²) in [6.07, 6.45) is 1.36. The molecule has 1 aliphatic carbocycles. The molecule has 0 aromatic heterocycles. The molecule has 1 N–H and O–H groups in total. The summed E-state index contributed by atoms with van der Waals surface area (Å²) in [4.78, 5) is 0. The number of halogens is 2. The zero-order valence-electron chi connectivity index (χ0n) is 10.7. The summed E-state index contributed by atoms with van der Waals surface area (Å²) in [6, 6.07) is 14.7. The predicted molar refractivity (Wildman–Crippen MR) is 79.8 cm³/mol. The first-order valence-corrected chi connectivity index (χ1v) is 7.16. The van der Waals surface area contributed by atoms with Crippen molar-refractivity contribution in [2.45, 2.75) is 18.4 Å². The van der Waals surface area contributed by atoms with E-state index in [1.54, 1.807) is 6.07 Å². The molecule has 0 heterocycles. The normalized spacial score (nSPS) is 20.2. The lowest BCUT2D eigenvalue weighted by atomic mass is 9.93. The van der Waals surface area contributed by atoms with E-state index < -0.39 is 5.54 Å². The van der Waals surface area contributed by atoms with Gasteiger partial charge < -0.3 is 5.32 Å². The molecule has 1 unspecified atom stereocenters. The minimum atomic E-state index is -0.774. The van der Waals surface area contributed by atoms with Crippen molar-refractivity contribution >= 4 is 21.6 Å². The smallest absolute Gasteiger partial charge is 0.151 e. The average Bonchev–Trinajstić information content (AvgIpc) is 2.77. The minimum Gasteiger partial charge on any atom is -0.364 e. The Labute approximate surface area is 125 Å². The number of anilines is 1. The first-order valence-electron chi connectivity index (χ1n) is 6.37. The number of aryl methyl sites for hydroxylation is 1.